The van der Waals surface area contributed by atoms with Crippen molar-refractivity contribution in [2.45, 2.75) is 30.8 Å². The third kappa shape index (κ3) is 3.41. The molecule has 1 unspecified atom stereocenters. The first kappa shape index (κ1) is 14.4. The van der Waals surface area contributed by atoms with Gasteiger partial charge < -0.3 is 10.1 Å². The van der Waals surface area contributed by atoms with E-state index in [-0.39, 0.29) is 11.4 Å². The zero-order chi connectivity index (χ0) is 13.8. The summed E-state index contributed by atoms with van der Waals surface area (Å²) in [5.74, 6) is -0.736. The fourth-order valence-corrected chi connectivity index (χ4v) is 2.42. The summed E-state index contributed by atoms with van der Waals surface area (Å²) in [5.41, 5.74) is 0. The van der Waals surface area contributed by atoms with Crippen molar-refractivity contribution < 1.29 is 18.3 Å². The van der Waals surface area contributed by atoms with Crippen LogP contribution >= 0.6 is 0 Å². The molecule has 8 heteroatoms. The van der Waals surface area contributed by atoms with E-state index >= 15 is 0 Å². The van der Waals surface area contributed by atoms with Crippen molar-refractivity contribution in [3.05, 3.63) is 24.7 Å². The number of H-pyrrole nitrogens is 1. The smallest absolute Gasteiger partial charge is 0.322 e. The Balaban J connectivity index is 2.92. The van der Waals surface area contributed by atoms with Crippen LogP contribution in [0.3, 0.4) is 0 Å². The first-order valence-electron chi connectivity index (χ1n) is 5.30. The lowest BCUT2D eigenvalue weighted by Gasteiger charge is -2.11. The fraction of sp³-hybridized carbons (Fsp3) is 0.400. The van der Waals surface area contributed by atoms with E-state index in [1.165, 1.54) is 6.08 Å². The monoisotopic (exact) mass is 273 g/mol. The number of aliphatic carboxylic acids is 1. The molecule has 0 radical (unpaired) electrons. The van der Waals surface area contributed by atoms with Crippen LogP contribution in [0.4, 0.5) is 0 Å². The summed E-state index contributed by atoms with van der Waals surface area (Å²) >= 11 is 0. The molecule has 0 fully saturated rings. The highest BCUT2D eigenvalue weighted by atomic mass is 32.2. The molecular weight excluding hydrogens is 258 g/mol. The second-order valence-electron chi connectivity index (χ2n) is 3.58. The van der Waals surface area contributed by atoms with Crippen LogP contribution in [0.15, 0.2) is 23.9 Å². The molecule has 0 bridgehead atoms. The largest absolute Gasteiger partial charge is 0.480 e. The van der Waals surface area contributed by atoms with Gasteiger partial charge in [0.1, 0.15) is 11.9 Å². The Morgan fingerprint density at radius 3 is 2.83 bits per heavy atom. The highest BCUT2D eigenvalue weighted by molar-refractivity contribution is 7.89. The number of carbonyl (C=O) groups is 1. The van der Waals surface area contributed by atoms with E-state index < -0.39 is 22.0 Å². The summed E-state index contributed by atoms with van der Waals surface area (Å²) in [6.45, 7) is 5.20. The summed E-state index contributed by atoms with van der Waals surface area (Å²) in [5, 5.41) is 8.72. The summed E-state index contributed by atoms with van der Waals surface area (Å²) < 4.78 is 25.8. The molecule has 1 atom stereocenters. The van der Waals surface area contributed by atoms with E-state index in [9.17, 15) is 13.2 Å². The van der Waals surface area contributed by atoms with Crippen LogP contribution in [0, 0.1) is 0 Å². The molecule has 0 aliphatic carbocycles. The number of carboxylic acids is 1. The van der Waals surface area contributed by atoms with Crippen LogP contribution in [0.1, 0.15) is 19.2 Å². The molecule has 0 aromatic carbocycles. The number of sulfonamides is 1. The number of hydrogen-bond acceptors (Lipinski definition) is 4. The van der Waals surface area contributed by atoms with Gasteiger partial charge in [0, 0.05) is 6.42 Å². The molecule has 0 amide bonds. The van der Waals surface area contributed by atoms with E-state index in [0.29, 0.717) is 12.2 Å². The summed E-state index contributed by atoms with van der Waals surface area (Å²) in [6, 6.07) is -1.24. The molecule has 3 N–H and O–H groups in total. The SMILES string of the molecule is C=CCC(NS(=O)(=O)c1cnc(CC)[nH]1)C(=O)O. The lowest BCUT2D eigenvalue weighted by atomic mass is 10.2. The summed E-state index contributed by atoms with van der Waals surface area (Å²) in [7, 11) is -3.91. The maximum atomic E-state index is 11.9. The Morgan fingerprint density at radius 1 is 1.72 bits per heavy atom. The highest BCUT2D eigenvalue weighted by Crippen LogP contribution is 2.08. The van der Waals surface area contributed by atoms with Crippen molar-refractivity contribution in [1.82, 2.24) is 14.7 Å². The Hall–Kier alpha value is -1.67. The minimum atomic E-state index is -3.91. The minimum absolute atomic E-state index is 0.00331. The first-order chi connectivity index (χ1) is 8.40. The van der Waals surface area contributed by atoms with Gasteiger partial charge in [-0.1, -0.05) is 13.0 Å². The zero-order valence-electron chi connectivity index (χ0n) is 9.88. The Kier molecular flexibility index (Phi) is 4.62. The quantitative estimate of drug-likeness (QED) is 0.618. The number of carboxylic acid groups (broad SMARTS) is 1. The standard InChI is InChI=1S/C10H15N3O4S/c1-3-5-7(10(14)15)13-18(16,17)9-6-11-8(4-2)12-9/h3,6-7,13H,1,4-5H2,2H3,(H,11,12)(H,14,15). The lowest BCUT2D eigenvalue weighted by Crippen LogP contribution is -2.40. The summed E-state index contributed by atoms with van der Waals surface area (Å²) in [6.07, 6.45) is 3.06. The van der Waals surface area contributed by atoms with Crippen LogP contribution in [0.25, 0.3) is 0 Å². The number of nitrogens with zero attached hydrogens (tertiary/aromatic N) is 1. The van der Waals surface area contributed by atoms with Crippen LogP contribution in [-0.4, -0.2) is 35.5 Å². The van der Waals surface area contributed by atoms with Crippen molar-refractivity contribution >= 4 is 16.0 Å². The number of hydrogen-bond donors (Lipinski definition) is 3. The molecule has 18 heavy (non-hydrogen) atoms. The molecular formula is C10H15N3O4S. The molecule has 0 saturated heterocycles. The lowest BCUT2D eigenvalue weighted by molar-refractivity contribution is -0.138. The highest BCUT2D eigenvalue weighted by Gasteiger charge is 2.25. The van der Waals surface area contributed by atoms with E-state index in [2.05, 4.69) is 21.3 Å². The van der Waals surface area contributed by atoms with Gasteiger partial charge in [0.25, 0.3) is 10.0 Å². The second-order valence-corrected chi connectivity index (χ2v) is 5.27. The average molecular weight is 273 g/mol. The first-order valence-corrected chi connectivity index (χ1v) is 6.79. The Morgan fingerprint density at radius 2 is 2.39 bits per heavy atom. The van der Waals surface area contributed by atoms with Gasteiger partial charge in [-0.05, 0) is 6.42 Å². The van der Waals surface area contributed by atoms with Crippen LogP contribution in [0.2, 0.25) is 0 Å². The molecule has 7 nitrogen and oxygen atoms in total. The predicted molar refractivity (Wildman–Crippen MR) is 64.5 cm³/mol. The van der Waals surface area contributed by atoms with E-state index in [1.54, 1.807) is 0 Å². The number of imidazole rings is 1. The molecule has 0 spiro atoms. The maximum absolute atomic E-state index is 11.9. The zero-order valence-corrected chi connectivity index (χ0v) is 10.7. The Labute approximate surface area is 105 Å². The molecule has 1 aromatic heterocycles. The third-order valence-corrected chi connectivity index (χ3v) is 3.61. The van der Waals surface area contributed by atoms with Crippen molar-refractivity contribution in [1.29, 1.82) is 0 Å². The number of aromatic nitrogens is 2. The molecule has 1 aromatic rings. The van der Waals surface area contributed by atoms with Gasteiger partial charge in [-0.25, -0.2) is 13.4 Å². The van der Waals surface area contributed by atoms with E-state index in [4.69, 9.17) is 5.11 Å². The molecule has 100 valence electrons. The van der Waals surface area contributed by atoms with Gasteiger partial charge in [0.15, 0.2) is 5.03 Å². The molecule has 0 aliphatic rings. The minimum Gasteiger partial charge on any atom is -0.480 e. The van der Waals surface area contributed by atoms with Gasteiger partial charge >= 0.3 is 5.97 Å². The van der Waals surface area contributed by atoms with Gasteiger partial charge in [0.05, 0.1) is 6.20 Å². The van der Waals surface area contributed by atoms with Crippen LogP contribution < -0.4 is 4.72 Å². The summed E-state index contributed by atoms with van der Waals surface area (Å²) in [4.78, 5) is 17.3. The number of aryl methyl sites for hydroxylation is 1. The van der Waals surface area contributed by atoms with Crippen molar-refractivity contribution in [2.24, 2.45) is 0 Å². The Bertz CT molecular complexity index is 535. The van der Waals surface area contributed by atoms with Crippen LogP contribution in [-0.2, 0) is 21.2 Å². The molecule has 0 saturated carbocycles. The predicted octanol–water partition coefficient (Wildman–Crippen LogP) is 0.280. The van der Waals surface area contributed by atoms with E-state index in [1.807, 2.05) is 6.92 Å². The molecule has 1 rings (SSSR count). The van der Waals surface area contributed by atoms with Crippen LogP contribution in [0.5, 0.6) is 0 Å². The van der Waals surface area contributed by atoms with Gasteiger partial charge in [-0.3, -0.25) is 4.79 Å². The number of rotatable bonds is 7. The number of nitrogens with one attached hydrogen (secondary N) is 2. The fourth-order valence-electron chi connectivity index (χ4n) is 1.28. The third-order valence-electron chi connectivity index (χ3n) is 2.23. The molecule has 0 aliphatic heterocycles. The normalized spacial score (nSPS) is 13.2. The van der Waals surface area contributed by atoms with Gasteiger partial charge in [-0.2, -0.15) is 4.72 Å². The van der Waals surface area contributed by atoms with E-state index in [0.717, 1.165) is 6.20 Å². The maximum Gasteiger partial charge on any atom is 0.322 e. The van der Waals surface area contributed by atoms with Crippen molar-refractivity contribution in [2.75, 3.05) is 0 Å². The topological polar surface area (TPSA) is 112 Å². The van der Waals surface area contributed by atoms with Gasteiger partial charge in [0.2, 0.25) is 0 Å². The number of aromatic amines is 1. The van der Waals surface area contributed by atoms with Crippen molar-refractivity contribution in [3.63, 3.8) is 0 Å². The van der Waals surface area contributed by atoms with Crippen molar-refractivity contribution in [3.8, 4) is 0 Å². The average Bonchev–Trinajstić information content (AvgIpc) is 2.77. The second kappa shape index (κ2) is 5.78. The molecule has 1 heterocycles. The van der Waals surface area contributed by atoms with Gasteiger partial charge in [-0.15, -0.1) is 6.58 Å².